The molecule has 1 aliphatic heterocycles. The van der Waals surface area contributed by atoms with E-state index in [1.165, 1.54) is 12.8 Å². The molecule has 2 aliphatic rings. The van der Waals surface area contributed by atoms with Crippen LogP contribution in [0.5, 0.6) is 0 Å². The van der Waals surface area contributed by atoms with Gasteiger partial charge in [-0.1, -0.05) is 0 Å². The number of aromatic nitrogens is 2. The third kappa shape index (κ3) is 2.94. The van der Waals surface area contributed by atoms with Gasteiger partial charge >= 0.3 is 0 Å². The molecule has 1 amide bonds. The molecule has 1 saturated carbocycles. The van der Waals surface area contributed by atoms with E-state index in [-0.39, 0.29) is 11.9 Å². The molecule has 102 valence electrons. The lowest BCUT2D eigenvalue weighted by Gasteiger charge is -2.13. The second-order valence-corrected chi connectivity index (χ2v) is 5.15. The average molecular weight is 261 g/mol. The van der Waals surface area contributed by atoms with E-state index < -0.39 is 0 Å². The van der Waals surface area contributed by atoms with Gasteiger partial charge in [-0.15, -0.1) is 0 Å². The Morgan fingerprint density at radius 2 is 2.16 bits per heavy atom. The first-order valence-electron chi connectivity index (χ1n) is 6.90. The van der Waals surface area contributed by atoms with Crippen molar-refractivity contribution in [3.8, 4) is 0 Å². The molecule has 1 aliphatic carbocycles. The van der Waals surface area contributed by atoms with Crippen molar-refractivity contribution < 1.29 is 4.79 Å². The van der Waals surface area contributed by atoms with Crippen molar-refractivity contribution in [2.75, 3.05) is 23.7 Å². The van der Waals surface area contributed by atoms with Crippen LogP contribution in [0.15, 0.2) is 6.07 Å². The Kier molecular flexibility index (Phi) is 3.23. The van der Waals surface area contributed by atoms with Gasteiger partial charge in [0.2, 0.25) is 5.91 Å². The Morgan fingerprint density at radius 3 is 2.79 bits per heavy atom. The molecule has 0 spiro atoms. The normalized spacial score (nSPS) is 22.2. The summed E-state index contributed by atoms with van der Waals surface area (Å²) in [7, 11) is 0. The number of anilines is 2. The fourth-order valence-electron chi connectivity index (χ4n) is 2.25. The molecule has 2 heterocycles. The highest BCUT2D eigenvalue weighted by molar-refractivity contribution is 5.79. The highest BCUT2D eigenvalue weighted by Gasteiger charge is 2.28. The number of hydrogen-bond donors (Lipinski definition) is 3. The molecule has 3 rings (SSSR count). The SMILES string of the molecule is CCNc1cc(NC2CNC(=O)C2)nc(C2CC2)n1. The van der Waals surface area contributed by atoms with Crippen molar-refractivity contribution in [3.05, 3.63) is 11.9 Å². The van der Waals surface area contributed by atoms with Gasteiger partial charge in [-0.05, 0) is 19.8 Å². The summed E-state index contributed by atoms with van der Waals surface area (Å²) in [5.74, 6) is 3.20. The molecule has 0 aromatic carbocycles. The van der Waals surface area contributed by atoms with E-state index in [9.17, 15) is 4.79 Å². The van der Waals surface area contributed by atoms with E-state index >= 15 is 0 Å². The minimum Gasteiger partial charge on any atom is -0.370 e. The molecular weight excluding hydrogens is 242 g/mol. The minimum absolute atomic E-state index is 0.0980. The van der Waals surface area contributed by atoms with Crippen molar-refractivity contribution in [2.45, 2.75) is 38.1 Å². The zero-order valence-corrected chi connectivity index (χ0v) is 11.1. The van der Waals surface area contributed by atoms with Gasteiger partial charge < -0.3 is 16.0 Å². The molecule has 1 saturated heterocycles. The van der Waals surface area contributed by atoms with Gasteiger partial charge in [0.1, 0.15) is 17.5 Å². The largest absolute Gasteiger partial charge is 0.370 e. The molecule has 3 N–H and O–H groups in total. The van der Waals surface area contributed by atoms with Crippen molar-refractivity contribution in [1.82, 2.24) is 15.3 Å². The number of amides is 1. The van der Waals surface area contributed by atoms with Crippen LogP contribution in [0.3, 0.4) is 0 Å². The molecule has 2 fully saturated rings. The second-order valence-electron chi connectivity index (χ2n) is 5.15. The summed E-state index contributed by atoms with van der Waals surface area (Å²) in [6.07, 6.45) is 2.87. The molecule has 19 heavy (non-hydrogen) atoms. The van der Waals surface area contributed by atoms with E-state index in [1.54, 1.807) is 0 Å². The molecule has 0 radical (unpaired) electrons. The third-order valence-corrected chi connectivity index (χ3v) is 3.37. The van der Waals surface area contributed by atoms with Gasteiger partial charge in [0.25, 0.3) is 0 Å². The Bertz CT molecular complexity index is 486. The Hall–Kier alpha value is -1.85. The molecule has 1 aromatic rings. The van der Waals surface area contributed by atoms with E-state index in [4.69, 9.17) is 0 Å². The standard InChI is InChI=1S/C13H19N5O/c1-2-14-10-6-11(16-9-5-12(19)15-7-9)18-13(17-10)8-3-4-8/h6,8-9H,2-5,7H2,1H3,(H,15,19)(H2,14,16,17,18). The zero-order chi connectivity index (χ0) is 13.2. The first kappa shape index (κ1) is 12.2. The first-order chi connectivity index (χ1) is 9.24. The molecule has 0 bridgehead atoms. The third-order valence-electron chi connectivity index (χ3n) is 3.37. The maximum atomic E-state index is 11.2. The zero-order valence-electron chi connectivity index (χ0n) is 11.1. The Balaban J connectivity index is 1.76. The van der Waals surface area contributed by atoms with Crippen LogP contribution in [0.1, 0.15) is 37.9 Å². The molecule has 6 heteroatoms. The monoisotopic (exact) mass is 261 g/mol. The highest BCUT2D eigenvalue weighted by atomic mass is 16.1. The summed E-state index contributed by atoms with van der Waals surface area (Å²) in [6, 6.07) is 2.04. The highest BCUT2D eigenvalue weighted by Crippen LogP contribution is 2.38. The number of nitrogens with one attached hydrogen (secondary N) is 3. The van der Waals surface area contributed by atoms with Gasteiger partial charge in [0, 0.05) is 31.5 Å². The van der Waals surface area contributed by atoms with E-state index in [2.05, 4.69) is 25.9 Å². The van der Waals surface area contributed by atoms with Crippen LogP contribution in [0.25, 0.3) is 0 Å². The number of nitrogens with zero attached hydrogens (tertiary/aromatic N) is 2. The number of carbonyl (C=O) groups is 1. The van der Waals surface area contributed by atoms with Crippen LogP contribution in [-0.2, 0) is 4.79 Å². The maximum absolute atomic E-state index is 11.2. The van der Waals surface area contributed by atoms with Crippen LogP contribution in [-0.4, -0.2) is 35.0 Å². The summed E-state index contributed by atoms with van der Waals surface area (Å²) in [5.41, 5.74) is 0. The molecule has 1 aromatic heterocycles. The summed E-state index contributed by atoms with van der Waals surface area (Å²) in [6.45, 7) is 3.55. The van der Waals surface area contributed by atoms with Crippen LogP contribution < -0.4 is 16.0 Å². The average Bonchev–Trinajstić information content (AvgIpc) is 3.14. The van der Waals surface area contributed by atoms with Gasteiger partial charge in [-0.3, -0.25) is 4.79 Å². The first-order valence-corrected chi connectivity index (χ1v) is 6.90. The summed E-state index contributed by atoms with van der Waals surface area (Å²) < 4.78 is 0. The fourth-order valence-corrected chi connectivity index (χ4v) is 2.25. The number of rotatable bonds is 5. The number of hydrogen-bond acceptors (Lipinski definition) is 5. The van der Waals surface area contributed by atoms with Crippen LogP contribution >= 0.6 is 0 Å². The lowest BCUT2D eigenvalue weighted by molar-refractivity contribution is -0.119. The van der Waals surface area contributed by atoms with Crippen LogP contribution in [0, 0.1) is 0 Å². The molecular formula is C13H19N5O. The van der Waals surface area contributed by atoms with Crippen LogP contribution in [0.2, 0.25) is 0 Å². The van der Waals surface area contributed by atoms with Gasteiger partial charge in [-0.2, -0.15) is 0 Å². The maximum Gasteiger partial charge on any atom is 0.222 e. The lowest BCUT2D eigenvalue weighted by Crippen LogP contribution is -2.23. The van der Waals surface area contributed by atoms with Crippen LogP contribution in [0.4, 0.5) is 11.6 Å². The predicted octanol–water partition coefficient (Wildman–Crippen LogP) is 1.09. The van der Waals surface area contributed by atoms with Crippen molar-refractivity contribution in [1.29, 1.82) is 0 Å². The van der Waals surface area contributed by atoms with Gasteiger partial charge in [0.15, 0.2) is 0 Å². The van der Waals surface area contributed by atoms with E-state index in [0.717, 1.165) is 24.0 Å². The van der Waals surface area contributed by atoms with E-state index in [1.807, 2.05) is 13.0 Å². The predicted molar refractivity (Wildman–Crippen MR) is 73.2 cm³/mol. The van der Waals surface area contributed by atoms with Crippen molar-refractivity contribution in [2.24, 2.45) is 0 Å². The second kappa shape index (κ2) is 5.03. The lowest BCUT2D eigenvalue weighted by atomic mass is 10.2. The quantitative estimate of drug-likeness (QED) is 0.739. The molecule has 1 unspecified atom stereocenters. The van der Waals surface area contributed by atoms with Crippen molar-refractivity contribution in [3.63, 3.8) is 0 Å². The van der Waals surface area contributed by atoms with Gasteiger partial charge in [-0.25, -0.2) is 9.97 Å². The molecule has 1 atom stereocenters. The Morgan fingerprint density at radius 1 is 1.37 bits per heavy atom. The summed E-state index contributed by atoms with van der Waals surface area (Å²) in [4.78, 5) is 20.3. The minimum atomic E-state index is 0.0980. The van der Waals surface area contributed by atoms with Crippen molar-refractivity contribution >= 4 is 17.5 Å². The molecule has 6 nitrogen and oxygen atoms in total. The summed E-state index contributed by atoms with van der Waals surface area (Å²) in [5, 5.41) is 9.37. The van der Waals surface area contributed by atoms with E-state index in [0.29, 0.717) is 18.9 Å². The van der Waals surface area contributed by atoms with Gasteiger partial charge in [0.05, 0.1) is 6.04 Å². The fraction of sp³-hybridized carbons (Fsp3) is 0.615. The smallest absolute Gasteiger partial charge is 0.222 e. The summed E-state index contributed by atoms with van der Waals surface area (Å²) >= 11 is 0. The topological polar surface area (TPSA) is 78.9 Å². The Labute approximate surface area is 112 Å². The number of carbonyl (C=O) groups excluding carboxylic acids is 1.